The summed E-state index contributed by atoms with van der Waals surface area (Å²) in [6.07, 6.45) is 3.40. The van der Waals surface area contributed by atoms with Crippen molar-refractivity contribution in [3.05, 3.63) is 71.0 Å². The summed E-state index contributed by atoms with van der Waals surface area (Å²) in [6, 6.07) is 11.0. The standard InChI is InChI=1S/C18H15N3O2S/c1-12(22)14-5-2-6-15(8-14)18-21-16(11-24-18)17(23)20-10-13-4-3-7-19-9-13/h2-9,11H,10H2,1H3,(H,20,23). The van der Waals surface area contributed by atoms with Crippen LogP contribution < -0.4 is 5.32 Å². The van der Waals surface area contributed by atoms with E-state index in [1.54, 1.807) is 29.9 Å². The molecule has 2 aromatic heterocycles. The highest BCUT2D eigenvalue weighted by Crippen LogP contribution is 2.24. The number of amides is 1. The first-order valence-corrected chi connectivity index (χ1v) is 8.25. The number of Topliss-reactive ketones (excluding diaryl/α,β-unsaturated/α-hetero) is 1. The maximum Gasteiger partial charge on any atom is 0.271 e. The average Bonchev–Trinajstić information content (AvgIpc) is 3.11. The van der Waals surface area contributed by atoms with E-state index in [-0.39, 0.29) is 11.7 Å². The number of pyridine rings is 1. The smallest absolute Gasteiger partial charge is 0.271 e. The molecule has 120 valence electrons. The van der Waals surface area contributed by atoms with Gasteiger partial charge in [0.2, 0.25) is 0 Å². The van der Waals surface area contributed by atoms with Gasteiger partial charge < -0.3 is 5.32 Å². The minimum atomic E-state index is -0.232. The van der Waals surface area contributed by atoms with Gasteiger partial charge in [0.1, 0.15) is 10.7 Å². The third kappa shape index (κ3) is 3.72. The Morgan fingerprint density at radius 1 is 1.21 bits per heavy atom. The Bertz CT molecular complexity index is 875. The Labute approximate surface area is 143 Å². The fourth-order valence-electron chi connectivity index (χ4n) is 2.16. The second-order valence-corrected chi connectivity index (χ2v) is 6.08. The summed E-state index contributed by atoms with van der Waals surface area (Å²) in [5.41, 5.74) is 2.76. The van der Waals surface area contributed by atoms with Gasteiger partial charge >= 0.3 is 0 Å². The molecule has 0 aliphatic rings. The zero-order valence-electron chi connectivity index (χ0n) is 13.0. The van der Waals surface area contributed by atoms with E-state index in [4.69, 9.17) is 0 Å². The Kier molecular flexibility index (Phi) is 4.77. The number of ketones is 1. The third-order valence-electron chi connectivity index (χ3n) is 3.43. The molecule has 3 rings (SSSR count). The lowest BCUT2D eigenvalue weighted by atomic mass is 10.1. The Hall–Kier alpha value is -2.86. The van der Waals surface area contributed by atoms with Crippen LogP contribution in [0.5, 0.6) is 0 Å². The first kappa shape index (κ1) is 16.0. The van der Waals surface area contributed by atoms with E-state index in [1.165, 1.54) is 18.3 Å². The van der Waals surface area contributed by atoms with Crippen LogP contribution >= 0.6 is 11.3 Å². The summed E-state index contributed by atoms with van der Waals surface area (Å²) in [4.78, 5) is 32.1. The summed E-state index contributed by atoms with van der Waals surface area (Å²) < 4.78 is 0. The number of nitrogens with zero attached hydrogens (tertiary/aromatic N) is 2. The average molecular weight is 337 g/mol. The zero-order valence-corrected chi connectivity index (χ0v) is 13.8. The van der Waals surface area contributed by atoms with E-state index < -0.39 is 0 Å². The SMILES string of the molecule is CC(=O)c1cccc(-c2nc(C(=O)NCc3cccnc3)cs2)c1. The molecule has 0 bridgehead atoms. The first-order chi connectivity index (χ1) is 11.6. The number of nitrogens with one attached hydrogen (secondary N) is 1. The maximum atomic E-state index is 12.2. The van der Waals surface area contributed by atoms with Gasteiger partial charge in [-0.1, -0.05) is 24.3 Å². The molecule has 0 saturated carbocycles. The van der Waals surface area contributed by atoms with Crippen molar-refractivity contribution in [2.45, 2.75) is 13.5 Å². The number of hydrogen-bond donors (Lipinski definition) is 1. The second-order valence-electron chi connectivity index (χ2n) is 5.22. The number of rotatable bonds is 5. The van der Waals surface area contributed by atoms with E-state index in [0.717, 1.165) is 11.1 Å². The molecule has 0 fully saturated rings. The van der Waals surface area contributed by atoms with Crippen molar-refractivity contribution in [3.8, 4) is 10.6 Å². The molecule has 0 spiro atoms. The van der Waals surface area contributed by atoms with Gasteiger partial charge in [-0.25, -0.2) is 4.98 Å². The molecule has 0 saturated heterocycles. The molecule has 5 nitrogen and oxygen atoms in total. The van der Waals surface area contributed by atoms with E-state index in [9.17, 15) is 9.59 Å². The Morgan fingerprint density at radius 3 is 2.83 bits per heavy atom. The predicted octanol–water partition coefficient (Wildman–Crippen LogP) is 3.34. The molecule has 2 heterocycles. The molecule has 24 heavy (non-hydrogen) atoms. The normalized spacial score (nSPS) is 10.4. The number of aromatic nitrogens is 2. The van der Waals surface area contributed by atoms with E-state index in [2.05, 4.69) is 15.3 Å². The van der Waals surface area contributed by atoms with Crippen LogP contribution in [-0.2, 0) is 6.54 Å². The van der Waals surface area contributed by atoms with Crippen LogP contribution in [0.25, 0.3) is 10.6 Å². The second kappa shape index (κ2) is 7.14. The van der Waals surface area contributed by atoms with Gasteiger partial charge in [0.25, 0.3) is 5.91 Å². The predicted molar refractivity (Wildman–Crippen MR) is 93.0 cm³/mol. The minimum absolute atomic E-state index is 0.00263. The van der Waals surface area contributed by atoms with Gasteiger partial charge in [0.15, 0.2) is 5.78 Å². The van der Waals surface area contributed by atoms with Crippen LogP contribution in [0.3, 0.4) is 0 Å². The molecule has 0 aliphatic carbocycles. The molecule has 1 amide bonds. The van der Waals surface area contributed by atoms with Crippen LogP contribution in [0.2, 0.25) is 0 Å². The lowest BCUT2D eigenvalue weighted by molar-refractivity contribution is 0.0945. The topological polar surface area (TPSA) is 72.0 Å². The van der Waals surface area contributed by atoms with Crippen molar-refractivity contribution in [2.24, 2.45) is 0 Å². The van der Waals surface area contributed by atoms with Gasteiger partial charge in [-0.3, -0.25) is 14.6 Å². The Morgan fingerprint density at radius 2 is 2.08 bits per heavy atom. The number of hydrogen-bond acceptors (Lipinski definition) is 5. The highest BCUT2D eigenvalue weighted by molar-refractivity contribution is 7.13. The van der Waals surface area contributed by atoms with Crippen molar-refractivity contribution in [1.29, 1.82) is 0 Å². The molecule has 0 radical (unpaired) electrons. The summed E-state index contributed by atoms with van der Waals surface area (Å²) in [6.45, 7) is 1.93. The van der Waals surface area contributed by atoms with Crippen molar-refractivity contribution < 1.29 is 9.59 Å². The number of carbonyl (C=O) groups excluding carboxylic acids is 2. The van der Waals surface area contributed by atoms with E-state index in [0.29, 0.717) is 22.8 Å². The fourth-order valence-corrected chi connectivity index (χ4v) is 2.95. The molecule has 1 N–H and O–H groups in total. The molecule has 6 heteroatoms. The number of carbonyl (C=O) groups is 2. The molecule has 1 aromatic carbocycles. The van der Waals surface area contributed by atoms with Crippen LogP contribution in [0, 0.1) is 0 Å². The minimum Gasteiger partial charge on any atom is -0.347 e. The summed E-state index contributed by atoms with van der Waals surface area (Å²) in [7, 11) is 0. The van der Waals surface area contributed by atoms with Gasteiger partial charge in [0, 0.05) is 35.4 Å². The fraction of sp³-hybridized carbons (Fsp3) is 0.111. The molecule has 0 aliphatic heterocycles. The third-order valence-corrected chi connectivity index (χ3v) is 4.32. The molecule has 0 atom stereocenters. The van der Waals surface area contributed by atoms with E-state index >= 15 is 0 Å². The van der Waals surface area contributed by atoms with Crippen LogP contribution in [0.4, 0.5) is 0 Å². The van der Waals surface area contributed by atoms with Crippen molar-refractivity contribution >= 4 is 23.0 Å². The quantitative estimate of drug-likeness (QED) is 0.725. The van der Waals surface area contributed by atoms with Gasteiger partial charge in [0.05, 0.1) is 0 Å². The molecule has 0 unspecified atom stereocenters. The highest BCUT2D eigenvalue weighted by atomic mass is 32.1. The van der Waals surface area contributed by atoms with Gasteiger partial charge in [-0.15, -0.1) is 11.3 Å². The maximum absolute atomic E-state index is 12.2. The van der Waals surface area contributed by atoms with Crippen LogP contribution in [0.15, 0.2) is 54.2 Å². The van der Waals surface area contributed by atoms with Crippen LogP contribution in [-0.4, -0.2) is 21.7 Å². The van der Waals surface area contributed by atoms with Crippen molar-refractivity contribution in [1.82, 2.24) is 15.3 Å². The Balaban J connectivity index is 1.72. The highest BCUT2D eigenvalue weighted by Gasteiger charge is 2.12. The number of benzene rings is 1. The van der Waals surface area contributed by atoms with Gasteiger partial charge in [-0.05, 0) is 24.6 Å². The zero-order chi connectivity index (χ0) is 16.9. The van der Waals surface area contributed by atoms with Crippen molar-refractivity contribution in [2.75, 3.05) is 0 Å². The number of thiazole rings is 1. The lowest BCUT2D eigenvalue weighted by Crippen LogP contribution is -2.23. The summed E-state index contributed by atoms with van der Waals surface area (Å²) in [5, 5.41) is 5.25. The first-order valence-electron chi connectivity index (χ1n) is 7.37. The summed E-state index contributed by atoms with van der Waals surface area (Å²) >= 11 is 1.38. The molecule has 3 aromatic rings. The molecular weight excluding hydrogens is 322 g/mol. The lowest BCUT2D eigenvalue weighted by Gasteiger charge is -2.02. The van der Waals surface area contributed by atoms with Crippen molar-refractivity contribution in [3.63, 3.8) is 0 Å². The summed E-state index contributed by atoms with van der Waals surface area (Å²) in [5.74, 6) is -0.230. The largest absolute Gasteiger partial charge is 0.347 e. The van der Waals surface area contributed by atoms with Gasteiger partial charge in [-0.2, -0.15) is 0 Å². The monoisotopic (exact) mass is 337 g/mol. The van der Waals surface area contributed by atoms with Crippen LogP contribution in [0.1, 0.15) is 33.3 Å². The molecular formula is C18H15N3O2S. The van der Waals surface area contributed by atoms with E-state index in [1.807, 2.05) is 24.3 Å².